The van der Waals surface area contributed by atoms with E-state index in [9.17, 15) is 0 Å². The fraction of sp³-hybridized carbons (Fsp3) is 0.714. The Morgan fingerprint density at radius 2 is 2.60 bits per heavy atom. The molecule has 0 spiro atoms. The first-order chi connectivity index (χ1) is 4.83. The zero-order valence-corrected chi connectivity index (χ0v) is 6.55. The van der Waals surface area contributed by atoms with Crippen LogP contribution in [0.2, 0.25) is 0 Å². The van der Waals surface area contributed by atoms with Crippen LogP contribution in [0, 0.1) is 0 Å². The Hall–Kier alpha value is -0.540. The van der Waals surface area contributed by atoms with Crippen molar-refractivity contribution in [1.29, 1.82) is 0 Å². The summed E-state index contributed by atoms with van der Waals surface area (Å²) in [5, 5.41) is 2.05. The van der Waals surface area contributed by atoms with Crippen LogP contribution < -0.4 is 5.43 Å². The van der Waals surface area contributed by atoms with Crippen LogP contribution in [0.3, 0.4) is 0 Å². The Kier molecular flexibility index (Phi) is 2.71. The topological polar surface area (TPSA) is 24.5 Å². The van der Waals surface area contributed by atoms with Crippen molar-refractivity contribution in [3.63, 3.8) is 0 Å². The number of hydrazine groups is 1. The van der Waals surface area contributed by atoms with Crippen LogP contribution in [0.4, 0.5) is 0 Å². The average molecular weight is 142 g/mol. The summed E-state index contributed by atoms with van der Waals surface area (Å²) >= 11 is 0. The molecule has 0 aliphatic carbocycles. The van der Waals surface area contributed by atoms with Crippen molar-refractivity contribution in [2.45, 2.75) is 6.92 Å². The molecule has 1 aliphatic rings. The SMILES string of the molecule is COCCN1C=C(C)CN1. The third kappa shape index (κ3) is 2.01. The monoisotopic (exact) mass is 142 g/mol. The van der Waals surface area contributed by atoms with Gasteiger partial charge in [-0.25, -0.2) is 5.43 Å². The number of nitrogens with one attached hydrogen (secondary N) is 1. The number of hydrogen-bond donors (Lipinski definition) is 1. The predicted octanol–water partition coefficient (Wildman–Crippen LogP) is 0.357. The van der Waals surface area contributed by atoms with Crippen molar-refractivity contribution >= 4 is 0 Å². The molecule has 1 rings (SSSR count). The molecule has 0 aromatic rings. The lowest BCUT2D eigenvalue weighted by Crippen LogP contribution is -2.31. The minimum Gasteiger partial charge on any atom is -0.383 e. The van der Waals surface area contributed by atoms with Crippen LogP contribution in [-0.4, -0.2) is 31.8 Å². The van der Waals surface area contributed by atoms with Gasteiger partial charge in [-0.3, -0.25) is 0 Å². The minimum absolute atomic E-state index is 0.775. The van der Waals surface area contributed by atoms with Gasteiger partial charge in [-0.1, -0.05) is 0 Å². The molecule has 0 saturated carbocycles. The molecule has 0 saturated heterocycles. The van der Waals surface area contributed by atoms with Crippen LogP contribution in [-0.2, 0) is 4.74 Å². The van der Waals surface area contributed by atoms with Gasteiger partial charge in [0.25, 0.3) is 0 Å². The van der Waals surface area contributed by atoms with Gasteiger partial charge in [-0.2, -0.15) is 0 Å². The van der Waals surface area contributed by atoms with Gasteiger partial charge in [0.2, 0.25) is 0 Å². The molecule has 0 fully saturated rings. The van der Waals surface area contributed by atoms with Gasteiger partial charge in [0.1, 0.15) is 0 Å². The van der Waals surface area contributed by atoms with Gasteiger partial charge in [0.05, 0.1) is 13.2 Å². The van der Waals surface area contributed by atoms with E-state index in [2.05, 4.69) is 23.6 Å². The third-order valence-electron chi connectivity index (χ3n) is 1.47. The van der Waals surface area contributed by atoms with E-state index in [-0.39, 0.29) is 0 Å². The second-order valence-electron chi connectivity index (χ2n) is 2.50. The fourth-order valence-corrected chi connectivity index (χ4v) is 0.917. The number of nitrogens with zero attached hydrogens (tertiary/aromatic N) is 1. The average Bonchev–Trinajstić information content (AvgIpc) is 2.31. The maximum atomic E-state index is 4.93. The summed E-state index contributed by atoms with van der Waals surface area (Å²) in [4.78, 5) is 0. The molecule has 10 heavy (non-hydrogen) atoms. The van der Waals surface area contributed by atoms with Crippen LogP contribution in [0.1, 0.15) is 6.92 Å². The van der Waals surface area contributed by atoms with E-state index < -0.39 is 0 Å². The van der Waals surface area contributed by atoms with Gasteiger partial charge in [0.15, 0.2) is 0 Å². The lowest BCUT2D eigenvalue weighted by Gasteiger charge is -2.14. The van der Waals surface area contributed by atoms with Crippen molar-refractivity contribution in [3.05, 3.63) is 11.8 Å². The first kappa shape index (κ1) is 7.57. The summed E-state index contributed by atoms with van der Waals surface area (Å²) in [6.45, 7) is 4.79. The fourth-order valence-electron chi connectivity index (χ4n) is 0.917. The second kappa shape index (κ2) is 3.58. The van der Waals surface area contributed by atoms with Gasteiger partial charge in [-0.15, -0.1) is 0 Å². The molecule has 1 aliphatic heterocycles. The quantitative estimate of drug-likeness (QED) is 0.615. The molecular weight excluding hydrogens is 128 g/mol. The van der Waals surface area contributed by atoms with Crippen molar-refractivity contribution in [2.24, 2.45) is 0 Å². The largest absolute Gasteiger partial charge is 0.383 e. The van der Waals surface area contributed by atoms with Crippen LogP contribution >= 0.6 is 0 Å². The normalized spacial score (nSPS) is 17.8. The van der Waals surface area contributed by atoms with Gasteiger partial charge in [-0.05, 0) is 12.5 Å². The Bertz CT molecular complexity index is 134. The summed E-state index contributed by atoms with van der Waals surface area (Å²) in [5.74, 6) is 0. The van der Waals surface area contributed by atoms with E-state index in [1.54, 1.807) is 7.11 Å². The highest BCUT2D eigenvalue weighted by Crippen LogP contribution is 2.00. The summed E-state index contributed by atoms with van der Waals surface area (Å²) < 4.78 is 4.93. The van der Waals surface area contributed by atoms with Crippen molar-refractivity contribution in [2.75, 3.05) is 26.8 Å². The van der Waals surface area contributed by atoms with Crippen molar-refractivity contribution < 1.29 is 4.74 Å². The van der Waals surface area contributed by atoms with Gasteiger partial charge >= 0.3 is 0 Å². The van der Waals surface area contributed by atoms with E-state index in [4.69, 9.17) is 4.74 Å². The van der Waals surface area contributed by atoms with Crippen LogP contribution in [0.25, 0.3) is 0 Å². The summed E-state index contributed by atoms with van der Waals surface area (Å²) in [5.41, 5.74) is 4.57. The number of ether oxygens (including phenoxy) is 1. The Morgan fingerprint density at radius 1 is 1.80 bits per heavy atom. The molecule has 0 amide bonds. The number of hydrogen-bond acceptors (Lipinski definition) is 3. The van der Waals surface area contributed by atoms with E-state index >= 15 is 0 Å². The van der Waals surface area contributed by atoms with Crippen molar-refractivity contribution in [1.82, 2.24) is 10.4 Å². The summed E-state index contributed by atoms with van der Waals surface area (Å²) in [7, 11) is 1.71. The Labute approximate surface area is 61.6 Å². The highest BCUT2D eigenvalue weighted by atomic mass is 16.5. The van der Waals surface area contributed by atoms with E-state index in [1.807, 2.05) is 0 Å². The van der Waals surface area contributed by atoms with Gasteiger partial charge < -0.3 is 9.75 Å². The zero-order chi connectivity index (χ0) is 7.40. The smallest absolute Gasteiger partial charge is 0.0653 e. The molecule has 3 heteroatoms. The van der Waals surface area contributed by atoms with Crippen molar-refractivity contribution in [3.8, 4) is 0 Å². The molecule has 0 aromatic heterocycles. The second-order valence-corrected chi connectivity index (χ2v) is 2.50. The van der Waals surface area contributed by atoms with Crippen LogP contribution in [0.15, 0.2) is 11.8 Å². The van der Waals surface area contributed by atoms with Crippen LogP contribution in [0.5, 0.6) is 0 Å². The molecular formula is C7H14N2O. The summed E-state index contributed by atoms with van der Waals surface area (Å²) in [6, 6.07) is 0. The molecule has 0 aromatic carbocycles. The molecule has 0 bridgehead atoms. The van der Waals surface area contributed by atoms with E-state index in [0.29, 0.717) is 0 Å². The molecule has 1 heterocycles. The molecule has 0 unspecified atom stereocenters. The molecule has 0 atom stereocenters. The number of methoxy groups -OCH3 is 1. The standard InChI is InChI=1S/C7H14N2O/c1-7-5-8-9(6-7)3-4-10-2/h6,8H,3-5H2,1-2H3. The maximum Gasteiger partial charge on any atom is 0.0653 e. The van der Waals surface area contributed by atoms with E-state index in [1.165, 1.54) is 5.57 Å². The highest BCUT2D eigenvalue weighted by Gasteiger charge is 2.05. The maximum absolute atomic E-state index is 4.93. The lowest BCUT2D eigenvalue weighted by molar-refractivity contribution is 0.155. The first-order valence-electron chi connectivity index (χ1n) is 3.49. The molecule has 1 N–H and O–H groups in total. The highest BCUT2D eigenvalue weighted by molar-refractivity contribution is 5.03. The summed E-state index contributed by atoms with van der Waals surface area (Å²) in [6.07, 6.45) is 2.11. The molecule has 0 radical (unpaired) electrons. The Balaban J connectivity index is 2.18. The number of rotatable bonds is 3. The molecule has 58 valence electrons. The minimum atomic E-state index is 0.775. The lowest BCUT2D eigenvalue weighted by atomic mass is 10.4. The molecule has 3 nitrogen and oxygen atoms in total. The Morgan fingerprint density at radius 3 is 3.10 bits per heavy atom. The third-order valence-corrected chi connectivity index (χ3v) is 1.47. The zero-order valence-electron chi connectivity index (χ0n) is 6.55. The predicted molar refractivity (Wildman–Crippen MR) is 40.3 cm³/mol. The van der Waals surface area contributed by atoms with E-state index in [0.717, 1.165) is 19.7 Å². The van der Waals surface area contributed by atoms with Gasteiger partial charge in [0, 0.05) is 19.9 Å². The first-order valence-corrected chi connectivity index (χ1v) is 3.49.